The molecule has 0 bridgehead atoms. The highest BCUT2D eigenvalue weighted by Crippen LogP contribution is 2.41. The minimum absolute atomic E-state index is 0.379. The molecule has 0 unspecified atom stereocenters. The van der Waals surface area contributed by atoms with Gasteiger partial charge in [0.2, 0.25) is 0 Å². The van der Waals surface area contributed by atoms with E-state index in [4.69, 9.17) is 0 Å². The zero-order valence-corrected chi connectivity index (χ0v) is 16.8. The van der Waals surface area contributed by atoms with E-state index in [1.807, 2.05) is 0 Å². The summed E-state index contributed by atoms with van der Waals surface area (Å²) in [5.41, 5.74) is 1.69. The molecule has 0 aliphatic carbocycles. The molecule has 0 saturated carbocycles. The molecule has 2 rings (SSSR count). The van der Waals surface area contributed by atoms with Crippen molar-refractivity contribution in [1.82, 2.24) is 0 Å². The minimum atomic E-state index is -6.06. The van der Waals surface area contributed by atoms with Gasteiger partial charge < -0.3 is 0 Å². The Morgan fingerprint density at radius 3 is 1.52 bits per heavy atom. The molecule has 0 radical (unpaired) electrons. The molecule has 0 aliphatic rings. The molecule has 2 aromatic carbocycles. The summed E-state index contributed by atoms with van der Waals surface area (Å²) in [6.45, 7) is 4.81. The minimum Gasteiger partial charge on any atom is -0.175 e. The standard InChI is InChI=1S/C17H15F6ISi/c1-10-4-6-13(8-12(10)3)25(16(18,19)20,17(21,22)23)14-7-5-11(2)15(24)9-14/h4-9H,1-3H3. The zero-order valence-electron chi connectivity index (χ0n) is 13.6. The lowest BCUT2D eigenvalue weighted by molar-refractivity contribution is -0.107. The zero-order chi connectivity index (χ0) is 19.2. The first-order valence-electron chi connectivity index (χ1n) is 7.30. The van der Waals surface area contributed by atoms with Crippen LogP contribution in [0.4, 0.5) is 26.3 Å². The lowest BCUT2D eigenvalue weighted by Crippen LogP contribution is -2.77. The van der Waals surface area contributed by atoms with E-state index in [-0.39, 0.29) is 0 Å². The Morgan fingerprint density at radius 1 is 0.680 bits per heavy atom. The molecule has 136 valence electrons. The van der Waals surface area contributed by atoms with E-state index in [9.17, 15) is 26.3 Å². The highest BCUT2D eigenvalue weighted by atomic mass is 127. The van der Waals surface area contributed by atoms with Crippen LogP contribution in [0.15, 0.2) is 36.4 Å². The molecule has 8 heteroatoms. The van der Waals surface area contributed by atoms with Crippen LogP contribution in [-0.2, 0) is 0 Å². The topological polar surface area (TPSA) is 0 Å². The second kappa shape index (κ2) is 6.60. The van der Waals surface area contributed by atoms with Gasteiger partial charge in [0.15, 0.2) is 0 Å². The van der Waals surface area contributed by atoms with Gasteiger partial charge in [0.1, 0.15) is 0 Å². The van der Waals surface area contributed by atoms with Crippen molar-refractivity contribution in [3.8, 4) is 0 Å². The van der Waals surface area contributed by atoms with Crippen molar-refractivity contribution in [2.75, 3.05) is 0 Å². The molecule has 0 aromatic heterocycles. The lowest BCUT2D eigenvalue weighted by atomic mass is 10.1. The predicted molar refractivity (Wildman–Crippen MR) is 96.9 cm³/mol. The third kappa shape index (κ3) is 3.34. The molecule has 0 nitrogen and oxygen atoms in total. The van der Waals surface area contributed by atoms with E-state index in [2.05, 4.69) is 0 Å². The van der Waals surface area contributed by atoms with Gasteiger partial charge in [-0.25, -0.2) is 0 Å². The van der Waals surface area contributed by atoms with Crippen LogP contribution in [0.1, 0.15) is 16.7 Å². The van der Waals surface area contributed by atoms with Crippen LogP contribution in [0.3, 0.4) is 0 Å². The second-order valence-electron chi connectivity index (χ2n) is 6.01. The predicted octanol–water partition coefficient (Wildman–Crippen LogP) is 4.98. The fourth-order valence-corrected chi connectivity index (χ4v) is 7.02. The van der Waals surface area contributed by atoms with Crippen molar-refractivity contribution in [1.29, 1.82) is 0 Å². The average molecular weight is 488 g/mol. The maximum Gasteiger partial charge on any atom is 0.381 e. The van der Waals surface area contributed by atoms with Crippen LogP contribution in [0.5, 0.6) is 0 Å². The maximum absolute atomic E-state index is 14.0. The van der Waals surface area contributed by atoms with E-state index in [1.54, 1.807) is 36.4 Å². The Kier molecular flexibility index (Phi) is 5.36. The summed E-state index contributed by atoms with van der Waals surface area (Å²) in [6, 6.07) is 6.65. The number of halogens is 7. The van der Waals surface area contributed by atoms with Crippen LogP contribution < -0.4 is 10.4 Å². The first kappa shape index (κ1) is 20.3. The fourth-order valence-electron chi connectivity index (χ4n) is 2.78. The Bertz CT molecular complexity index is 727. The van der Waals surface area contributed by atoms with Crippen LogP contribution in [0, 0.1) is 24.3 Å². The number of aryl methyl sites for hydroxylation is 3. The monoisotopic (exact) mass is 488 g/mol. The third-order valence-electron chi connectivity index (χ3n) is 4.40. The van der Waals surface area contributed by atoms with Crippen molar-refractivity contribution < 1.29 is 26.3 Å². The van der Waals surface area contributed by atoms with Gasteiger partial charge in [0.25, 0.3) is 0 Å². The molecule has 0 atom stereocenters. The van der Waals surface area contributed by atoms with Gasteiger partial charge in [-0.2, -0.15) is 26.3 Å². The SMILES string of the molecule is Cc1ccc([Si](c2ccc(C)c(I)c2)(C(F)(F)F)C(F)(F)F)cc1C. The van der Waals surface area contributed by atoms with Crippen LogP contribution in [0.2, 0.25) is 0 Å². The molecule has 2 aromatic rings. The van der Waals surface area contributed by atoms with Gasteiger partial charge in [-0.3, -0.25) is 0 Å². The third-order valence-corrected chi connectivity index (χ3v) is 9.61. The lowest BCUT2D eigenvalue weighted by Gasteiger charge is -2.36. The highest BCUT2D eigenvalue weighted by molar-refractivity contribution is 14.1. The van der Waals surface area contributed by atoms with Crippen molar-refractivity contribution >= 4 is 41.0 Å². The highest BCUT2D eigenvalue weighted by Gasteiger charge is 2.76. The van der Waals surface area contributed by atoms with Crippen LogP contribution in [-0.4, -0.2) is 19.7 Å². The molecular weight excluding hydrogens is 473 g/mol. The van der Waals surface area contributed by atoms with E-state index in [0.29, 0.717) is 20.3 Å². The summed E-state index contributed by atoms with van der Waals surface area (Å²) < 4.78 is 84.7. The molecule has 0 saturated heterocycles. The molecule has 0 heterocycles. The molecule has 0 spiro atoms. The fraction of sp³-hybridized carbons (Fsp3) is 0.294. The molecule has 0 aliphatic heterocycles. The maximum atomic E-state index is 14.0. The summed E-state index contributed by atoms with van der Waals surface area (Å²) in [5.74, 6) is -10.8. The largest absolute Gasteiger partial charge is 0.381 e. The number of benzene rings is 2. The number of rotatable bonds is 2. The van der Waals surface area contributed by atoms with Crippen molar-refractivity contribution in [2.24, 2.45) is 0 Å². The van der Waals surface area contributed by atoms with Crippen LogP contribution in [0.25, 0.3) is 0 Å². The Labute approximate surface area is 156 Å². The molecule has 0 N–H and O–H groups in total. The summed E-state index contributed by atoms with van der Waals surface area (Å²) in [5, 5.41) is -1.37. The average Bonchev–Trinajstić information content (AvgIpc) is 2.44. The van der Waals surface area contributed by atoms with Gasteiger partial charge in [0.05, 0.1) is 0 Å². The van der Waals surface area contributed by atoms with Gasteiger partial charge in [0, 0.05) is 3.57 Å². The first-order chi connectivity index (χ1) is 11.3. The summed E-state index contributed by atoms with van der Waals surface area (Å²) in [7, 11) is -6.06. The second-order valence-corrected chi connectivity index (χ2v) is 11.0. The Balaban J connectivity index is 2.96. The van der Waals surface area contributed by atoms with E-state index in [0.717, 1.165) is 24.3 Å². The summed E-state index contributed by atoms with van der Waals surface area (Å²) in [4.78, 5) is 0. The first-order valence-corrected chi connectivity index (χ1v) is 10.4. The van der Waals surface area contributed by atoms with Gasteiger partial charge in [-0.05, 0) is 76.5 Å². The number of alkyl halides is 6. The van der Waals surface area contributed by atoms with Crippen molar-refractivity contribution in [2.45, 2.75) is 32.4 Å². The Morgan fingerprint density at radius 2 is 1.12 bits per heavy atom. The van der Waals surface area contributed by atoms with Crippen LogP contribution >= 0.6 is 22.6 Å². The number of hydrogen-bond donors (Lipinski definition) is 0. The molecule has 25 heavy (non-hydrogen) atoms. The summed E-state index contributed by atoms with van der Waals surface area (Å²) in [6.07, 6.45) is 0. The smallest absolute Gasteiger partial charge is 0.175 e. The summed E-state index contributed by atoms with van der Waals surface area (Å²) >= 11 is 1.77. The van der Waals surface area contributed by atoms with E-state index >= 15 is 0 Å². The van der Waals surface area contributed by atoms with Crippen molar-refractivity contribution in [3.63, 3.8) is 0 Å². The quantitative estimate of drug-likeness (QED) is 0.318. The normalized spacial score (nSPS) is 13.2. The van der Waals surface area contributed by atoms with E-state index < -0.39 is 30.0 Å². The van der Waals surface area contributed by atoms with Gasteiger partial charge in [-0.15, -0.1) is 0 Å². The van der Waals surface area contributed by atoms with Gasteiger partial charge >= 0.3 is 19.7 Å². The number of hydrogen-bond acceptors (Lipinski definition) is 0. The molecule has 0 amide bonds. The Hall–Kier alpha value is -1.03. The van der Waals surface area contributed by atoms with Crippen molar-refractivity contribution in [3.05, 3.63) is 56.7 Å². The van der Waals surface area contributed by atoms with E-state index in [1.165, 1.54) is 19.1 Å². The van der Waals surface area contributed by atoms with Gasteiger partial charge in [-0.1, -0.05) is 30.3 Å². The molecule has 0 fully saturated rings. The molecular formula is C17H15F6ISi.